The molecule has 14 heavy (non-hydrogen) atoms. The highest BCUT2D eigenvalue weighted by atomic mass is 19.1. The summed E-state index contributed by atoms with van der Waals surface area (Å²) in [7, 11) is 0. The summed E-state index contributed by atoms with van der Waals surface area (Å²) in [6, 6.07) is 3.38. The predicted octanol–water partition coefficient (Wildman–Crippen LogP) is 2.02. The fourth-order valence-corrected chi connectivity index (χ4v) is 0.991. The van der Waals surface area contributed by atoms with E-state index < -0.39 is 11.8 Å². The van der Waals surface area contributed by atoms with E-state index in [0.29, 0.717) is 5.56 Å². The number of rotatable bonds is 2. The van der Waals surface area contributed by atoms with E-state index in [1.165, 1.54) is 19.1 Å². The maximum absolute atomic E-state index is 12.7. The van der Waals surface area contributed by atoms with Crippen molar-refractivity contribution < 1.29 is 19.4 Å². The zero-order valence-corrected chi connectivity index (χ0v) is 7.49. The van der Waals surface area contributed by atoms with E-state index in [-0.39, 0.29) is 11.3 Å². The third-order valence-corrected chi connectivity index (χ3v) is 1.63. The highest BCUT2D eigenvalue weighted by Gasteiger charge is 2.02. The Kier molecular flexibility index (Phi) is 2.86. The van der Waals surface area contributed by atoms with E-state index in [9.17, 15) is 9.18 Å². The molecule has 2 N–H and O–H groups in total. The molecular weight excluding hydrogens is 187 g/mol. The molecule has 1 rings (SSSR count). The van der Waals surface area contributed by atoms with E-state index >= 15 is 0 Å². The maximum atomic E-state index is 12.7. The molecule has 0 spiro atoms. The summed E-state index contributed by atoms with van der Waals surface area (Å²) in [5.74, 6) is -1.90. The Labute approximate surface area is 80.1 Å². The zero-order valence-electron chi connectivity index (χ0n) is 7.49. The van der Waals surface area contributed by atoms with Crippen LogP contribution in [0, 0.1) is 5.82 Å². The summed E-state index contributed by atoms with van der Waals surface area (Å²) in [6.45, 7) is 1.39. The topological polar surface area (TPSA) is 57.5 Å². The molecule has 0 aliphatic carbocycles. The maximum Gasteiger partial charge on any atom is 0.331 e. The van der Waals surface area contributed by atoms with Gasteiger partial charge >= 0.3 is 5.97 Å². The van der Waals surface area contributed by atoms with Crippen LogP contribution in [0.4, 0.5) is 4.39 Å². The standard InChI is InChI=1S/C10H9FO3/c1-6(10(13)14)2-7-3-8(11)5-9(12)4-7/h2-5,12H,1H3,(H,13,14)/b6-2-. The van der Waals surface area contributed by atoms with Gasteiger partial charge in [0.1, 0.15) is 11.6 Å². The molecule has 0 aliphatic heterocycles. The van der Waals surface area contributed by atoms with Gasteiger partial charge in [-0.15, -0.1) is 0 Å². The van der Waals surface area contributed by atoms with Crippen molar-refractivity contribution in [3.8, 4) is 5.75 Å². The number of halogens is 1. The molecule has 1 aromatic rings. The Hall–Kier alpha value is -1.84. The Morgan fingerprint density at radius 1 is 1.43 bits per heavy atom. The van der Waals surface area contributed by atoms with E-state index in [1.54, 1.807) is 0 Å². The van der Waals surface area contributed by atoms with Crippen LogP contribution in [0.1, 0.15) is 12.5 Å². The summed E-state index contributed by atoms with van der Waals surface area (Å²) in [5, 5.41) is 17.6. The van der Waals surface area contributed by atoms with Gasteiger partial charge in [0, 0.05) is 11.6 Å². The first-order valence-electron chi connectivity index (χ1n) is 3.90. The smallest absolute Gasteiger partial charge is 0.331 e. The monoisotopic (exact) mass is 196 g/mol. The second-order valence-electron chi connectivity index (χ2n) is 2.88. The van der Waals surface area contributed by atoms with Crippen LogP contribution in [0.2, 0.25) is 0 Å². The van der Waals surface area contributed by atoms with Crippen LogP contribution < -0.4 is 0 Å². The van der Waals surface area contributed by atoms with Crippen LogP contribution in [0.15, 0.2) is 23.8 Å². The third-order valence-electron chi connectivity index (χ3n) is 1.63. The molecule has 0 saturated heterocycles. The lowest BCUT2D eigenvalue weighted by molar-refractivity contribution is -0.132. The number of phenolic OH excluding ortho intramolecular Hbond substituents is 1. The summed E-state index contributed by atoms with van der Waals surface area (Å²) >= 11 is 0. The number of phenols is 1. The third kappa shape index (κ3) is 2.58. The van der Waals surface area contributed by atoms with E-state index in [0.717, 1.165) is 12.1 Å². The van der Waals surface area contributed by atoms with Gasteiger partial charge in [-0.3, -0.25) is 0 Å². The predicted molar refractivity (Wildman–Crippen MR) is 49.4 cm³/mol. The van der Waals surface area contributed by atoms with Gasteiger partial charge < -0.3 is 10.2 Å². The molecule has 4 heteroatoms. The van der Waals surface area contributed by atoms with Crippen molar-refractivity contribution in [2.45, 2.75) is 6.92 Å². The summed E-state index contributed by atoms with van der Waals surface area (Å²) in [6.07, 6.45) is 1.28. The molecule has 0 radical (unpaired) electrons. The van der Waals surface area contributed by atoms with Crippen LogP contribution in [-0.4, -0.2) is 16.2 Å². The molecule has 0 aliphatic rings. The Morgan fingerprint density at radius 3 is 2.57 bits per heavy atom. The first kappa shape index (κ1) is 10.2. The van der Waals surface area contributed by atoms with E-state index in [1.807, 2.05) is 0 Å². The molecule has 0 unspecified atom stereocenters. The molecule has 0 bridgehead atoms. The van der Waals surface area contributed by atoms with Crippen molar-refractivity contribution in [2.24, 2.45) is 0 Å². The second-order valence-corrected chi connectivity index (χ2v) is 2.88. The van der Waals surface area contributed by atoms with Gasteiger partial charge in [-0.05, 0) is 30.7 Å². The SMILES string of the molecule is C/C(=C/c1cc(O)cc(F)c1)C(=O)O. The van der Waals surface area contributed by atoms with Crippen molar-refractivity contribution in [3.63, 3.8) is 0 Å². The Balaban J connectivity index is 3.08. The highest BCUT2D eigenvalue weighted by Crippen LogP contribution is 2.16. The molecule has 1 aromatic carbocycles. The number of hydrogen-bond acceptors (Lipinski definition) is 2. The molecule has 3 nitrogen and oxygen atoms in total. The van der Waals surface area contributed by atoms with Crippen LogP contribution >= 0.6 is 0 Å². The Morgan fingerprint density at radius 2 is 2.07 bits per heavy atom. The number of hydrogen-bond donors (Lipinski definition) is 2. The van der Waals surface area contributed by atoms with Crippen LogP contribution in [0.5, 0.6) is 5.75 Å². The lowest BCUT2D eigenvalue weighted by atomic mass is 10.1. The minimum absolute atomic E-state index is 0.0787. The summed E-state index contributed by atoms with van der Waals surface area (Å²) in [4.78, 5) is 10.4. The quantitative estimate of drug-likeness (QED) is 0.711. The highest BCUT2D eigenvalue weighted by molar-refractivity contribution is 5.91. The van der Waals surface area contributed by atoms with Crippen LogP contribution in [-0.2, 0) is 4.79 Å². The van der Waals surface area contributed by atoms with Gasteiger partial charge in [0.15, 0.2) is 0 Å². The van der Waals surface area contributed by atoms with Gasteiger partial charge in [-0.2, -0.15) is 0 Å². The average Bonchev–Trinajstić information content (AvgIpc) is 2.01. The van der Waals surface area contributed by atoms with Gasteiger partial charge in [0.25, 0.3) is 0 Å². The van der Waals surface area contributed by atoms with Gasteiger partial charge in [0.2, 0.25) is 0 Å². The molecular formula is C10H9FO3. The Bertz CT molecular complexity index is 376. The largest absolute Gasteiger partial charge is 0.508 e. The number of aliphatic carboxylic acids is 1. The van der Waals surface area contributed by atoms with Crippen molar-refractivity contribution in [3.05, 3.63) is 35.2 Å². The van der Waals surface area contributed by atoms with Crippen LogP contribution in [0.3, 0.4) is 0 Å². The first-order chi connectivity index (χ1) is 6.49. The molecule has 0 heterocycles. The molecule has 0 aromatic heterocycles. The van der Waals surface area contributed by atoms with E-state index in [4.69, 9.17) is 10.2 Å². The van der Waals surface area contributed by atoms with Crippen molar-refractivity contribution in [1.82, 2.24) is 0 Å². The molecule has 0 fully saturated rings. The molecule has 0 saturated carbocycles. The van der Waals surface area contributed by atoms with Gasteiger partial charge in [0.05, 0.1) is 0 Å². The fourth-order valence-electron chi connectivity index (χ4n) is 0.991. The van der Waals surface area contributed by atoms with Crippen LogP contribution in [0.25, 0.3) is 6.08 Å². The zero-order chi connectivity index (χ0) is 10.7. The minimum atomic E-state index is -1.08. The number of benzene rings is 1. The van der Waals surface area contributed by atoms with Crippen molar-refractivity contribution in [1.29, 1.82) is 0 Å². The normalized spacial score (nSPS) is 11.4. The second kappa shape index (κ2) is 3.91. The minimum Gasteiger partial charge on any atom is -0.508 e. The fraction of sp³-hybridized carbons (Fsp3) is 0.100. The number of carboxylic acid groups (broad SMARTS) is 1. The van der Waals surface area contributed by atoms with Crippen molar-refractivity contribution >= 4 is 12.0 Å². The summed E-state index contributed by atoms with van der Waals surface area (Å²) in [5.41, 5.74) is 0.400. The summed E-state index contributed by atoms with van der Waals surface area (Å²) < 4.78 is 12.7. The van der Waals surface area contributed by atoms with Gasteiger partial charge in [-0.25, -0.2) is 9.18 Å². The lowest BCUT2D eigenvalue weighted by Gasteiger charge is -1.98. The lowest BCUT2D eigenvalue weighted by Crippen LogP contribution is -1.95. The van der Waals surface area contributed by atoms with Crippen molar-refractivity contribution in [2.75, 3.05) is 0 Å². The average molecular weight is 196 g/mol. The molecule has 74 valence electrons. The molecule has 0 amide bonds. The number of aromatic hydroxyl groups is 1. The number of carboxylic acids is 1. The van der Waals surface area contributed by atoms with E-state index in [2.05, 4.69) is 0 Å². The first-order valence-corrected chi connectivity index (χ1v) is 3.90. The van der Waals surface area contributed by atoms with Gasteiger partial charge in [-0.1, -0.05) is 0 Å². The molecule has 0 atom stereocenters. The number of carbonyl (C=O) groups is 1.